The van der Waals surface area contributed by atoms with Gasteiger partial charge in [0.25, 0.3) is 5.91 Å². The molecule has 0 spiro atoms. The fourth-order valence-corrected chi connectivity index (χ4v) is 4.99. The van der Waals surface area contributed by atoms with Crippen LogP contribution in [0.15, 0.2) is 46.7 Å². The molecule has 0 saturated carbocycles. The molecular formula is C19H25N3O3S2. The van der Waals surface area contributed by atoms with E-state index in [1.165, 1.54) is 43.9 Å². The van der Waals surface area contributed by atoms with Gasteiger partial charge >= 0.3 is 0 Å². The van der Waals surface area contributed by atoms with Gasteiger partial charge in [0.1, 0.15) is 0 Å². The highest BCUT2D eigenvalue weighted by Crippen LogP contribution is 2.28. The highest BCUT2D eigenvalue weighted by Gasteiger charge is 2.25. The summed E-state index contributed by atoms with van der Waals surface area (Å²) in [5.41, 5.74) is 0.457. The van der Waals surface area contributed by atoms with E-state index in [4.69, 9.17) is 0 Å². The zero-order valence-electron chi connectivity index (χ0n) is 15.6. The molecule has 1 N–H and O–H groups in total. The molecule has 1 aromatic carbocycles. The summed E-state index contributed by atoms with van der Waals surface area (Å²) >= 11 is 1.71. The molecule has 3 rings (SSSR count). The van der Waals surface area contributed by atoms with E-state index in [0.717, 1.165) is 17.4 Å². The normalized spacial score (nSPS) is 16.6. The number of nitrogens with one attached hydrogen (secondary N) is 1. The standard InChI is InChI=1S/C19H25N3O3S2/c1-21(2)27(24,25)16-9-7-15(8-10-16)19(23)20-14-17(18-6-5-13-26-18)22-11-3-4-12-22/h5-10,13,17H,3-4,11-12,14H2,1-2H3,(H,20,23). The minimum atomic E-state index is -3.49. The van der Waals surface area contributed by atoms with Gasteiger partial charge in [-0.25, -0.2) is 12.7 Å². The van der Waals surface area contributed by atoms with Crippen LogP contribution in [-0.2, 0) is 10.0 Å². The van der Waals surface area contributed by atoms with Crippen LogP contribution in [0.2, 0.25) is 0 Å². The maximum absolute atomic E-state index is 12.5. The average molecular weight is 408 g/mol. The number of amides is 1. The molecule has 146 valence electrons. The van der Waals surface area contributed by atoms with Crippen molar-refractivity contribution in [2.45, 2.75) is 23.8 Å². The Bertz CT molecular complexity index is 856. The van der Waals surface area contributed by atoms with E-state index in [9.17, 15) is 13.2 Å². The number of thiophene rings is 1. The van der Waals surface area contributed by atoms with Crippen LogP contribution in [0.25, 0.3) is 0 Å². The molecule has 1 aliphatic rings. The van der Waals surface area contributed by atoms with Crippen LogP contribution < -0.4 is 5.32 Å². The van der Waals surface area contributed by atoms with Gasteiger partial charge in [0.2, 0.25) is 10.0 Å². The predicted octanol–water partition coefficient (Wildman–Crippen LogP) is 2.57. The molecule has 0 radical (unpaired) electrons. The lowest BCUT2D eigenvalue weighted by Crippen LogP contribution is -2.36. The van der Waals surface area contributed by atoms with Gasteiger partial charge in [-0.05, 0) is 61.6 Å². The van der Waals surface area contributed by atoms with E-state index in [0.29, 0.717) is 12.1 Å². The monoisotopic (exact) mass is 407 g/mol. The fourth-order valence-electron chi connectivity index (χ4n) is 3.22. The maximum Gasteiger partial charge on any atom is 0.251 e. The quantitative estimate of drug-likeness (QED) is 0.766. The third-order valence-electron chi connectivity index (χ3n) is 4.80. The number of carbonyl (C=O) groups is 1. The number of likely N-dealkylation sites (tertiary alicyclic amines) is 1. The van der Waals surface area contributed by atoms with Crippen molar-refractivity contribution in [3.63, 3.8) is 0 Å². The van der Waals surface area contributed by atoms with Gasteiger partial charge in [-0.1, -0.05) is 6.07 Å². The van der Waals surface area contributed by atoms with Crippen LogP contribution in [0.3, 0.4) is 0 Å². The Morgan fingerprint density at radius 1 is 1.19 bits per heavy atom. The number of carbonyl (C=O) groups excluding carboxylic acids is 1. The van der Waals surface area contributed by atoms with Crippen LogP contribution in [0.1, 0.15) is 34.1 Å². The first-order valence-corrected chi connectivity index (χ1v) is 11.3. The molecule has 1 atom stereocenters. The highest BCUT2D eigenvalue weighted by atomic mass is 32.2. The molecule has 1 amide bonds. The number of hydrogen-bond acceptors (Lipinski definition) is 5. The lowest BCUT2D eigenvalue weighted by Gasteiger charge is -2.27. The zero-order chi connectivity index (χ0) is 19.4. The van der Waals surface area contributed by atoms with Crippen molar-refractivity contribution in [3.05, 3.63) is 52.2 Å². The second kappa shape index (κ2) is 8.52. The lowest BCUT2D eigenvalue weighted by molar-refractivity contribution is 0.0938. The average Bonchev–Trinajstić information content (AvgIpc) is 3.36. The smallest absolute Gasteiger partial charge is 0.251 e. The van der Waals surface area contributed by atoms with Gasteiger partial charge in [0.05, 0.1) is 10.9 Å². The van der Waals surface area contributed by atoms with Gasteiger partial charge in [-0.2, -0.15) is 0 Å². The topological polar surface area (TPSA) is 69.7 Å². The number of hydrogen-bond donors (Lipinski definition) is 1. The molecule has 1 saturated heterocycles. The number of nitrogens with zero attached hydrogens (tertiary/aromatic N) is 2. The Labute approximate surface area is 164 Å². The second-order valence-electron chi connectivity index (χ2n) is 6.80. The molecule has 1 unspecified atom stereocenters. The second-order valence-corrected chi connectivity index (χ2v) is 9.93. The van der Waals surface area contributed by atoms with E-state index in [2.05, 4.69) is 21.7 Å². The Kier molecular flexibility index (Phi) is 6.31. The molecule has 6 nitrogen and oxygen atoms in total. The van der Waals surface area contributed by atoms with Crippen LogP contribution in [0.4, 0.5) is 0 Å². The van der Waals surface area contributed by atoms with E-state index in [1.54, 1.807) is 23.5 Å². The van der Waals surface area contributed by atoms with E-state index in [1.807, 2.05) is 6.07 Å². The summed E-state index contributed by atoms with van der Waals surface area (Å²) in [6.45, 7) is 2.64. The third kappa shape index (κ3) is 4.57. The number of rotatable bonds is 7. The van der Waals surface area contributed by atoms with Gasteiger partial charge in [-0.3, -0.25) is 9.69 Å². The van der Waals surface area contributed by atoms with Crippen molar-refractivity contribution in [1.82, 2.24) is 14.5 Å². The van der Waals surface area contributed by atoms with Crippen LogP contribution in [-0.4, -0.2) is 57.3 Å². The van der Waals surface area contributed by atoms with Crippen LogP contribution >= 0.6 is 11.3 Å². The molecule has 2 aromatic rings. The van der Waals surface area contributed by atoms with Crippen LogP contribution in [0, 0.1) is 0 Å². The summed E-state index contributed by atoms with van der Waals surface area (Å²) in [6, 6.07) is 10.4. The van der Waals surface area contributed by atoms with Crippen molar-refractivity contribution in [3.8, 4) is 0 Å². The number of sulfonamides is 1. The van der Waals surface area contributed by atoms with Crippen molar-refractivity contribution >= 4 is 27.3 Å². The summed E-state index contributed by atoms with van der Waals surface area (Å²) in [7, 11) is -0.519. The Balaban J connectivity index is 1.67. The molecule has 0 bridgehead atoms. The van der Waals surface area contributed by atoms with E-state index < -0.39 is 10.0 Å². The maximum atomic E-state index is 12.5. The Hall–Kier alpha value is -1.74. The molecule has 1 aromatic heterocycles. The van der Waals surface area contributed by atoms with Crippen molar-refractivity contribution in [2.75, 3.05) is 33.7 Å². The minimum absolute atomic E-state index is 0.178. The summed E-state index contributed by atoms with van der Waals surface area (Å²) in [4.78, 5) is 16.4. The molecule has 27 heavy (non-hydrogen) atoms. The minimum Gasteiger partial charge on any atom is -0.350 e. The predicted molar refractivity (Wildman–Crippen MR) is 108 cm³/mol. The van der Waals surface area contributed by atoms with Gasteiger partial charge in [0.15, 0.2) is 0 Å². The molecule has 1 fully saturated rings. The van der Waals surface area contributed by atoms with E-state index >= 15 is 0 Å². The fraction of sp³-hybridized carbons (Fsp3) is 0.421. The van der Waals surface area contributed by atoms with Crippen LogP contribution in [0.5, 0.6) is 0 Å². The van der Waals surface area contributed by atoms with E-state index in [-0.39, 0.29) is 16.8 Å². The first-order chi connectivity index (χ1) is 12.9. The SMILES string of the molecule is CN(C)S(=O)(=O)c1ccc(C(=O)NCC(c2cccs2)N2CCCC2)cc1. The highest BCUT2D eigenvalue weighted by molar-refractivity contribution is 7.89. The van der Waals surface area contributed by atoms with Crippen molar-refractivity contribution < 1.29 is 13.2 Å². The van der Waals surface area contributed by atoms with Crippen molar-refractivity contribution in [2.24, 2.45) is 0 Å². The summed E-state index contributed by atoms with van der Waals surface area (Å²) in [6.07, 6.45) is 2.38. The molecule has 0 aliphatic carbocycles. The molecule has 8 heteroatoms. The lowest BCUT2D eigenvalue weighted by atomic mass is 10.2. The first kappa shape index (κ1) is 20.0. The molecule has 1 aliphatic heterocycles. The summed E-state index contributed by atoms with van der Waals surface area (Å²) in [5, 5.41) is 5.07. The largest absolute Gasteiger partial charge is 0.350 e. The Morgan fingerprint density at radius 2 is 1.85 bits per heavy atom. The van der Waals surface area contributed by atoms with Gasteiger partial charge in [-0.15, -0.1) is 11.3 Å². The molecule has 2 heterocycles. The third-order valence-corrected chi connectivity index (χ3v) is 7.61. The van der Waals surface area contributed by atoms with Gasteiger partial charge < -0.3 is 5.32 Å². The molecular weight excluding hydrogens is 382 g/mol. The summed E-state index contributed by atoms with van der Waals surface area (Å²) < 4.78 is 25.4. The van der Waals surface area contributed by atoms with Crippen molar-refractivity contribution in [1.29, 1.82) is 0 Å². The zero-order valence-corrected chi connectivity index (χ0v) is 17.2. The first-order valence-electron chi connectivity index (χ1n) is 8.98. The summed E-state index contributed by atoms with van der Waals surface area (Å²) in [5.74, 6) is -0.190. The van der Waals surface area contributed by atoms with Gasteiger partial charge in [0, 0.05) is 31.1 Å². The number of benzene rings is 1. The Morgan fingerprint density at radius 3 is 2.41 bits per heavy atom.